The normalized spacial score (nSPS) is 10.6. The fourth-order valence-corrected chi connectivity index (χ4v) is 1.85. The van der Waals surface area contributed by atoms with Crippen LogP contribution in [0.3, 0.4) is 0 Å². The van der Waals surface area contributed by atoms with E-state index in [-0.39, 0.29) is 12.3 Å². The maximum atomic E-state index is 11.5. The van der Waals surface area contributed by atoms with Crippen molar-refractivity contribution < 1.29 is 14.8 Å². The molecule has 2 amide bonds. The lowest BCUT2D eigenvalue weighted by Crippen LogP contribution is -2.18. The Kier molecular flexibility index (Phi) is 8.30. The third-order valence-electron chi connectivity index (χ3n) is 2.71. The number of hydroxylamine groups is 1. The predicted molar refractivity (Wildman–Crippen MR) is 82.9 cm³/mol. The summed E-state index contributed by atoms with van der Waals surface area (Å²) in [5.41, 5.74) is 4.92. The highest BCUT2D eigenvalue weighted by atomic mass is 79.9. The van der Waals surface area contributed by atoms with E-state index in [4.69, 9.17) is 5.21 Å². The second kappa shape index (κ2) is 10.1. The molecule has 0 aliphatic rings. The SMILES string of the molecule is O=C(CCCCCC(=O)N/N=C/c1ccc(Br)cc1)NO. The molecule has 0 fully saturated rings. The molecule has 0 saturated carbocycles. The highest BCUT2D eigenvalue weighted by Crippen LogP contribution is 2.09. The average molecular weight is 356 g/mol. The van der Waals surface area contributed by atoms with Crippen LogP contribution in [-0.2, 0) is 9.59 Å². The van der Waals surface area contributed by atoms with Crippen molar-refractivity contribution in [2.75, 3.05) is 0 Å². The first kappa shape index (κ1) is 17.3. The first-order valence-corrected chi connectivity index (χ1v) is 7.41. The van der Waals surface area contributed by atoms with E-state index in [9.17, 15) is 9.59 Å². The summed E-state index contributed by atoms with van der Waals surface area (Å²) < 4.78 is 0.985. The number of hydrazone groups is 1. The van der Waals surface area contributed by atoms with Crippen LogP contribution in [0.2, 0.25) is 0 Å². The lowest BCUT2D eigenvalue weighted by atomic mass is 10.1. The molecular formula is C14H18BrN3O3. The minimum Gasteiger partial charge on any atom is -0.289 e. The fraction of sp³-hybridized carbons (Fsp3) is 0.357. The van der Waals surface area contributed by atoms with Crippen LogP contribution in [0, 0.1) is 0 Å². The van der Waals surface area contributed by atoms with Crippen molar-refractivity contribution >= 4 is 34.0 Å². The van der Waals surface area contributed by atoms with Crippen molar-refractivity contribution in [2.45, 2.75) is 32.1 Å². The number of rotatable bonds is 8. The van der Waals surface area contributed by atoms with Crippen LogP contribution in [0.15, 0.2) is 33.8 Å². The highest BCUT2D eigenvalue weighted by Gasteiger charge is 2.01. The van der Waals surface area contributed by atoms with Crippen molar-refractivity contribution in [3.8, 4) is 0 Å². The van der Waals surface area contributed by atoms with Gasteiger partial charge in [-0.05, 0) is 30.5 Å². The molecular weight excluding hydrogens is 338 g/mol. The molecule has 0 spiro atoms. The lowest BCUT2D eigenvalue weighted by molar-refractivity contribution is -0.129. The van der Waals surface area contributed by atoms with Crippen LogP contribution < -0.4 is 10.9 Å². The van der Waals surface area contributed by atoms with Gasteiger partial charge in [0.05, 0.1) is 6.21 Å². The Morgan fingerprint density at radius 3 is 2.33 bits per heavy atom. The molecule has 1 aromatic rings. The summed E-state index contributed by atoms with van der Waals surface area (Å²) in [6.45, 7) is 0. The van der Waals surface area contributed by atoms with Crippen LogP contribution in [0.5, 0.6) is 0 Å². The average Bonchev–Trinajstić information content (AvgIpc) is 2.48. The molecule has 0 aromatic heterocycles. The summed E-state index contributed by atoms with van der Waals surface area (Å²) in [4.78, 5) is 22.2. The van der Waals surface area contributed by atoms with Gasteiger partial charge in [-0.3, -0.25) is 14.8 Å². The molecule has 6 nitrogen and oxygen atoms in total. The van der Waals surface area contributed by atoms with Gasteiger partial charge in [-0.2, -0.15) is 5.10 Å². The number of hydrogen-bond donors (Lipinski definition) is 3. The zero-order valence-electron chi connectivity index (χ0n) is 11.5. The Morgan fingerprint density at radius 1 is 1.10 bits per heavy atom. The maximum absolute atomic E-state index is 11.5. The van der Waals surface area contributed by atoms with E-state index in [1.807, 2.05) is 24.3 Å². The molecule has 3 N–H and O–H groups in total. The van der Waals surface area contributed by atoms with E-state index in [2.05, 4.69) is 26.5 Å². The number of nitrogens with one attached hydrogen (secondary N) is 2. The quantitative estimate of drug-likeness (QED) is 0.289. The molecule has 0 saturated heterocycles. The summed E-state index contributed by atoms with van der Waals surface area (Å²) in [6, 6.07) is 7.55. The Bertz CT molecular complexity index is 489. The van der Waals surface area contributed by atoms with Crippen LogP contribution in [-0.4, -0.2) is 23.2 Å². The smallest absolute Gasteiger partial charge is 0.243 e. The summed E-state index contributed by atoms with van der Waals surface area (Å²) >= 11 is 3.34. The summed E-state index contributed by atoms with van der Waals surface area (Å²) in [6.07, 6.45) is 4.27. The van der Waals surface area contributed by atoms with E-state index in [0.29, 0.717) is 19.3 Å². The third kappa shape index (κ3) is 8.21. The zero-order chi connectivity index (χ0) is 15.5. The van der Waals surface area contributed by atoms with E-state index >= 15 is 0 Å². The van der Waals surface area contributed by atoms with E-state index in [0.717, 1.165) is 16.5 Å². The van der Waals surface area contributed by atoms with Gasteiger partial charge in [0, 0.05) is 17.3 Å². The molecule has 0 aliphatic heterocycles. The van der Waals surface area contributed by atoms with Gasteiger partial charge in [0.1, 0.15) is 0 Å². The topological polar surface area (TPSA) is 90.8 Å². The van der Waals surface area contributed by atoms with Crippen LogP contribution in [0.4, 0.5) is 0 Å². The zero-order valence-corrected chi connectivity index (χ0v) is 13.1. The minimum absolute atomic E-state index is 0.157. The molecule has 0 unspecified atom stereocenters. The van der Waals surface area contributed by atoms with E-state index in [1.165, 1.54) is 0 Å². The van der Waals surface area contributed by atoms with Crippen LogP contribution in [0.25, 0.3) is 0 Å². The Hall–Kier alpha value is -1.73. The monoisotopic (exact) mass is 355 g/mol. The summed E-state index contributed by atoms with van der Waals surface area (Å²) in [7, 11) is 0. The van der Waals surface area contributed by atoms with E-state index < -0.39 is 5.91 Å². The van der Waals surface area contributed by atoms with Gasteiger partial charge >= 0.3 is 0 Å². The van der Waals surface area contributed by atoms with Gasteiger partial charge < -0.3 is 0 Å². The third-order valence-corrected chi connectivity index (χ3v) is 3.23. The van der Waals surface area contributed by atoms with Crippen LogP contribution >= 0.6 is 15.9 Å². The maximum Gasteiger partial charge on any atom is 0.243 e. The fourth-order valence-electron chi connectivity index (χ4n) is 1.59. The molecule has 114 valence electrons. The van der Waals surface area contributed by atoms with Crippen molar-refractivity contribution in [3.63, 3.8) is 0 Å². The number of carbonyl (C=O) groups is 2. The summed E-state index contributed by atoms with van der Waals surface area (Å²) in [5.74, 6) is -0.562. The van der Waals surface area contributed by atoms with Gasteiger partial charge in [0.25, 0.3) is 0 Å². The van der Waals surface area contributed by atoms with E-state index in [1.54, 1.807) is 11.7 Å². The molecule has 0 heterocycles. The highest BCUT2D eigenvalue weighted by molar-refractivity contribution is 9.10. The Morgan fingerprint density at radius 2 is 1.71 bits per heavy atom. The van der Waals surface area contributed by atoms with Gasteiger partial charge in [-0.25, -0.2) is 10.9 Å². The molecule has 1 rings (SSSR count). The molecule has 0 radical (unpaired) electrons. The van der Waals surface area contributed by atoms with Crippen molar-refractivity contribution in [2.24, 2.45) is 5.10 Å². The first-order chi connectivity index (χ1) is 10.1. The first-order valence-electron chi connectivity index (χ1n) is 6.62. The standard InChI is InChI=1S/C14H18BrN3O3/c15-12-8-6-11(7-9-12)10-16-17-13(19)4-2-1-3-5-14(20)18-21/h6-10,21H,1-5H2,(H,17,19)(H,18,20)/b16-10+. The largest absolute Gasteiger partial charge is 0.289 e. The molecule has 1 aromatic carbocycles. The molecule has 21 heavy (non-hydrogen) atoms. The number of benzene rings is 1. The molecule has 0 aliphatic carbocycles. The number of unbranched alkanes of at least 4 members (excludes halogenated alkanes) is 2. The van der Waals surface area contributed by atoms with Gasteiger partial charge in [0.15, 0.2) is 0 Å². The Labute approximate surface area is 131 Å². The molecule has 0 atom stereocenters. The minimum atomic E-state index is -0.404. The van der Waals surface area contributed by atoms with Crippen molar-refractivity contribution in [3.05, 3.63) is 34.3 Å². The predicted octanol–water partition coefficient (Wildman–Crippen LogP) is 2.36. The molecule has 7 heteroatoms. The number of halogens is 1. The van der Waals surface area contributed by atoms with Crippen molar-refractivity contribution in [1.29, 1.82) is 0 Å². The molecule has 0 bridgehead atoms. The number of hydrogen-bond acceptors (Lipinski definition) is 4. The number of nitrogens with zero attached hydrogens (tertiary/aromatic N) is 1. The van der Waals surface area contributed by atoms with Gasteiger partial charge in [-0.1, -0.05) is 34.5 Å². The number of carbonyl (C=O) groups excluding carboxylic acids is 2. The Balaban J connectivity index is 2.13. The summed E-state index contributed by atoms with van der Waals surface area (Å²) in [5, 5.41) is 12.2. The van der Waals surface area contributed by atoms with Gasteiger partial charge in [-0.15, -0.1) is 0 Å². The number of amides is 2. The van der Waals surface area contributed by atoms with Crippen molar-refractivity contribution in [1.82, 2.24) is 10.9 Å². The van der Waals surface area contributed by atoms with Gasteiger partial charge in [0.2, 0.25) is 11.8 Å². The second-order valence-corrected chi connectivity index (χ2v) is 5.36. The van der Waals surface area contributed by atoms with Crippen LogP contribution in [0.1, 0.15) is 37.7 Å². The lowest BCUT2D eigenvalue weighted by Gasteiger charge is -2.00. The second-order valence-electron chi connectivity index (χ2n) is 4.44.